The Bertz CT molecular complexity index is 474. The van der Waals surface area contributed by atoms with Crippen molar-refractivity contribution in [3.8, 4) is 0 Å². The minimum absolute atomic E-state index is 0.100. The molecule has 2 heterocycles. The van der Waals surface area contributed by atoms with E-state index >= 15 is 0 Å². The highest BCUT2D eigenvalue weighted by molar-refractivity contribution is 5.76. The Kier molecular flexibility index (Phi) is 5.43. The van der Waals surface area contributed by atoms with E-state index in [1.807, 2.05) is 28.2 Å². The molecule has 0 aliphatic carbocycles. The summed E-state index contributed by atoms with van der Waals surface area (Å²) in [5.41, 5.74) is 1.26. The highest BCUT2D eigenvalue weighted by Crippen LogP contribution is 2.13. The summed E-state index contributed by atoms with van der Waals surface area (Å²) in [6.07, 6.45) is 2.55. The van der Waals surface area contributed by atoms with Gasteiger partial charge >= 0.3 is 0 Å². The third-order valence-corrected chi connectivity index (χ3v) is 4.20. The fourth-order valence-corrected chi connectivity index (χ4v) is 3.00. The summed E-state index contributed by atoms with van der Waals surface area (Å²) < 4.78 is 5.81. The van der Waals surface area contributed by atoms with Crippen molar-refractivity contribution in [3.63, 3.8) is 0 Å². The molecule has 1 amide bonds. The number of amides is 1. The molecule has 2 aliphatic rings. The Labute approximate surface area is 131 Å². The van der Waals surface area contributed by atoms with Crippen molar-refractivity contribution < 1.29 is 14.4 Å². The van der Waals surface area contributed by atoms with Crippen LogP contribution in [0.2, 0.25) is 0 Å². The molecule has 1 aromatic rings. The van der Waals surface area contributed by atoms with Crippen molar-refractivity contribution in [2.24, 2.45) is 0 Å². The average Bonchev–Trinajstić information content (AvgIpc) is 3.07. The van der Waals surface area contributed by atoms with Gasteiger partial charge in [-0.2, -0.15) is 5.06 Å². The number of carbonyl (C=O) groups excluding carboxylic acids is 1. The van der Waals surface area contributed by atoms with Crippen LogP contribution in [0.5, 0.6) is 0 Å². The number of nitrogens with zero attached hydrogens (tertiary/aromatic N) is 2. The third kappa shape index (κ3) is 4.29. The fourth-order valence-electron chi connectivity index (χ4n) is 3.00. The molecule has 0 spiro atoms. The zero-order chi connectivity index (χ0) is 15.2. The van der Waals surface area contributed by atoms with E-state index in [4.69, 9.17) is 9.57 Å². The van der Waals surface area contributed by atoms with E-state index in [1.165, 1.54) is 5.56 Å². The summed E-state index contributed by atoms with van der Waals surface area (Å²) in [6, 6.07) is 10.3. The van der Waals surface area contributed by atoms with Gasteiger partial charge in [0.25, 0.3) is 0 Å². The second-order valence-corrected chi connectivity index (χ2v) is 5.89. The molecule has 1 atom stereocenters. The SMILES string of the molecule is O=C(CCN1CCCO1)N1CCO[C@@H](Cc2ccccc2)C1. The summed E-state index contributed by atoms with van der Waals surface area (Å²) in [5.74, 6) is 0.205. The van der Waals surface area contributed by atoms with Crippen molar-refractivity contribution in [1.29, 1.82) is 0 Å². The van der Waals surface area contributed by atoms with Crippen molar-refractivity contribution in [1.82, 2.24) is 9.96 Å². The summed E-state index contributed by atoms with van der Waals surface area (Å²) in [4.78, 5) is 19.7. The van der Waals surface area contributed by atoms with Crippen LogP contribution in [0.1, 0.15) is 18.4 Å². The molecule has 3 rings (SSSR count). The Balaban J connectivity index is 1.46. The number of ether oxygens (including phenoxy) is 1. The highest BCUT2D eigenvalue weighted by Gasteiger charge is 2.25. The fraction of sp³-hybridized carbons (Fsp3) is 0.588. The molecule has 0 saturated carbocycles. The molecular formula is C17H24N2O3. The summed E-state index contributed by atoms with van der Waals surface area (Å²) >= 11 is 0. The normalized spacial score (nSPS) is 22.9. The van der Waals surface area contributed by atoms with E-state index in [0.29, 0.717) is 32.7 Å². The number of carbonyl (C=O) groups is 1. The smallest absolute Gasteiger partial charge is 0.224 e. The van der Waals surface area contributed by atoms with Gasteiger partial charge in [0, 0.05) is 39.0 Å². The molecule has 0 radical (unpaired) electrons. The van der Waals surface area contributed by atoms with Crippen LogP contribution < -0.4 is 0 Å². The van der Waals surface area contributed by atoms with Gasteiger partial charge in [0.05, 0.1) is 19.3 Å². The number of hydroxylamine groups is 2. The van der Waals surface area contributed by atoms with E-state index in [0.717, 1.165) is 26.0 Å². The second kappa shape index (κ2) is 7.72. The van der Waals surface area contributed by atoms with Crippen LogP contribution in [0.4, 0.5) is 0 Å². The van der Waals surface area contributed by atoms with Crippen LogP contribution in [0.25, 0.3) is 0 Å². The molecule has 0 bridgehead atoms. The Morgan fingerprint density at radius 2 is 2.05 bits per heavy atom. The first-order chi connectivity index (χ1) is 10.8. The molecule has 0 N–H and O–H groups in total. The lowest BCUT2D eigenvalue weighted by molar-refractivity contribution is -0.145. The Morgan fingerprint density at radius 3 is 2.82 bits per heavy atom. The third-order valence-electron chi connectivity index (χ3n) is 4.20. The maximum Gasteiger partial charge on any atom is 0.224 e. The topological polar surface area (TPSA) is 42.0 Å². The summed E-state index contributed by atoms with van der Waals surface area (Å²) in [6.45, 7) is 4.43. The number of morpholine rings is 1. The van der Waals surface area contributed by atoms with Crippen LogP contribution in [0.15, 0.2) is 30.3 Å². The largest absolute Gasteiger partial charge is 0.374 e. The van der Waals surface area contributed by atoms with Gasteiger partial charge in [-0.1, -0.05) is 30.3 Å². The quantitative estimate of drug-likeness (QED) is 0.826. The first-order valence-electron chi connectivity index (χ1n) is 8.12. The Hall–Kier alpha value is -1.43. The monoisotopic (exact) mass is 304 g/mol. The van der Waals surface area contributed by atoms with Crippen molar-refractivity contribution in [2.45, 2.75) is 25.4 Å². The van der Waals surface area contributed by atoms with Crippen LogP contribution in [-0.4, -0.2) is 61.4 Å². The van der Waals surface area contributed by atoms with Gasteiger partial charge in [0.15, 0.2) is 0 Å². The maximum absolute atomic E-state index is 12.3. The van der Waals surface area contributed by atoms with Crippen molar-refractivity contribution >= 4 is 5.91 Å². The molecule has 22 heavy (non-hydrogen) atoms. The molecule has 1 aromatic carbocycles. The van der Waals surface area contributed by atoms with Gasteiger partial charge in [-0.05, 0) is 12.0 Å². The standard InChI is InChI=1S/C17H24N2O3/c20-17(7-9-19-8-4-11-22-19)18-10-12-21-16(14-18)13-15-5-2-1-3-6-15/h1-3,5-6,16H,4,7-14H2/t16-/m0/s1. The number of rotatable bonds is 5. The lowest BCUT2D eigenvalue weighted by Crippen LogP contribution is -2.47. The van der Waals surface area contributed by atoms with Gasteiger partial charge in [-0.25, -0.2) is 0 Å². The molecule has 2 fully saturated rings. The Morgan fingerprint density at radius 1 is 1.18 bits per heavy atom. The van der Waals surface area contributed by atoms with Crippen molar-refractivity contribution in [2.75, 3.05) is 39.4 Å². The molecule has 5 nitrogen and oxygen atoms in total. The molecule has 120 valence electrons. The van der Waals surface area contributed by atoms with Gasteiger partial charge in [-0.3, -0.25) is 9.63 Å². The summed E-state index contributed by atoms with van der Waals surface area (Å²) in [5, 5.41) is 1.90. The van der Waals surface area contributed by atoms with Crippen LogP contribution in [0, 0.1) is 0 Å². The maximum atomic E-state index is 12.3. The zero-order valence-electron chi connectivity index (χ0n) is 12.9. The number of hydrogen-bond acceptors (Lipinski definition) is 4. The number of benzene rings is 1. The lowest BCUT2D eigenvalue weighted by atomic mass is 10.1. The number of hydrogen-bond donors (Lipinski definition) is 0. The first kappa shape index (κ1) is 15.5. The molecule has 2 saturated heterocycles. The van der Waals surface area contributed by atoms with Gasteiger partial charge in [0.2, 0.25) is 5.91 Å². The first-order valence-corrected chi connectivity index (χ1v) is 8.12. The van der Waals surface area contributed by atoms with Crippen LogP contribution >= 0.6 is 0 Å². The second-order valence-electron chi connectivity index (χ2n) is 5.89. The molecule has 0 aromatic heterocycles. The van der Waals surface area contributed by atoms with E-state index < -0.39 is 0 Å². The van der Waals surface area contributed by atoms with E-state index in [2.05, 4.69) is 12.1 Å². The molecule has 2 aliphatic heterocycles. The lowest BCUT2D eigenvalue weighted by Gasteiger charge is -2.33. The minimum atomic E-state index is 0.100. The van der Waals surface area contributed by atoms with Gasteiger partial charge in [-0.15, -0.1) is 0 Å². The zero-order valence-corrected chi connectivity index (χ0v) is 12.9. The van der Waals surface area contributed by atoms with Crippen LogP contribution in [0.3, 0.4) is 0 Å². The van der Waals surface area contributed by atoms with E-state index in [-0.39, 0.29) is 12.0 Å². The van der Waals surface area contributed by atoms with Crippen molar-refractivity contribution in [3.05, 3.63) is 35.9 Å². The minimum Gasteiger partial charge on any atom is -0.374 e. The molecule has 5 heteroatoms. The van der Waals surface area contributed by atoms with E-state index in [9.17, 15) is 4.79 Å². The summed E-state index contributed by atoms with van der Waals surface area (Å²) in [7, 11) is 0. The van der Waals surface area contributed by atoms with Gasteiger partial charge < -0.3 is 9.64 Å². The predicted octanol–water partition coefficient (Wildman–Crippen LogP) is 1.48. The average molecular weight is 304 g/mol. The van der Waals surface area contributed by atoms with Crippen LogP contribution in [-0.2, 0) is 20.8 Å². The highest BCUT2D eigenvalue weighted by atomic mass is 16.7. The van der Waals surface area contributed by atoms with E-state index in [1.54, 1.807) is 0 Å². The predicted molar refractivity (Wildman–Crippen MR) is 83.2 cm³/mol. The molecule has 0 unspecified atom stereocenters. The molecular weight excluding hydrogens is 280 g/mol. The van der Waals surface area contributed by atoms with Gasteiger partial charge in [0.1, 0.15) is 0 Å².